The number of rotatable bonds is 5. The van der Waals surface area contributed by atoms with Crippen LogP contribution in [0.25, 0.3) is 22.1 Å². The Morgan fingerprint density at radius 1 is 1.16 bits per heavy atom. The summed E-state index contributed by atoms with van der Waals surface area (Å²) in [5, 5.41) is 2.98. The number of nitrogens with one attached hydrogen (secondary N) is 2. The molecule has 0 radical (unpaired) electrons. The topological polar surface area (TPSA) is 75.6 Å². The lowest BCUT2D eigenvalue weighted by Crippen LogP contribution is -2.32. The second-order valence-electron chi connectivity index (χ2n) is 6.06. The highest BCUT2D eigenvalue weighted by Crippen LogP contribution is 2.17. The summed E-state index contributed by atoms with van der Waals surface area (Å²) in [5.41, 5.74) is 3.82. The Bertz CT molecular complexity index is 999. The molecule has 2 aromatic carbocycles. The first-order valence-electron chi connectivity index (χ1n) is 8.35. The number of amides is 1. The quantitative estimate of drug-likeness (QED) is 0.590. The van der Waals surface area contributed by atoms with E-state index in [0.29, 0.717) is 13.0 Å². The Morgan fingerprint density at radius 2 is 1.92 bits per heavy atom. The summed E-state index contributed by atoms with van der Waals surface area (Å²) in [4.78, 5) is 24.6. The van der Waals surface area contributed by atoms with Gasteiger partial charge in [-0.2, -0.15) is 0 Å². The number of para-hydroxylation sites is 4. The monoisotopic (exact) mass is 333 g/mol. The lowest BCUT2D eigenvalue weighted by Gasteiger charge is -2.14. The summed E-state index contributed by atoms with van der Waals surface area (Å²) in [5.74, 6) is 0.849. The zero-order valence-corrected chi connectivity index (χ0v) is 13.9. The van der Waals surface area contributed by atoms with Gasteiger partial charge >= 0.3 is 0 Å². The number of nitrogens with zero attached hydrogens (tertiary/aromatic N) is 3. The predicted octanol–water partition coefficient (Wildman–Crippen LogP) is 2.83. The number of benzene rings is 2. The molecular formula is C19H19N5O. The van der Waals surface area contributed by atoms with Gasteiger partial charge in [0.1, 0.15) is 11.9 Å². The van der Waals surface area contributed by atoms with Crippen molar-refractivity contribution >= 4 is 28.0 Å². The number of imidazole rings is 2. The van der Waals surface area contributed by atoms with Gasteiger partial charge in [-0.05, 0) is 31.2 Å². The first kappa shape index (κ1) is 15.4. The Kier molecular flexibility index (Phi) is 3.93. The summed E-state index contributed by atoms with van der Waals surface area (Å²) in [6.07, 6.45) is 2.38. The van der Waals surface area contributed by atoms with Crippen LogP contribution in [0.4, 0.5) is 0 Å². The van der Waals surface area contributed by atoms with Gasteiger partial charge in [0, 0.05) is 13.0 Å². The average Bonchev–Trinajstić information content (AvgIpc) is 3.24. The third-order valence-electron chi connectivity index (χ3n) is 4.38. The third kappa shape index (κ3) is 2.98. The van der Waals surface area contributed by atoms with E-state index in [1.54, 1.807) is 6.33 Å². The molecule has 0 saturated carbocycles. The Morgan fingerprint density at radius 3 is 2.76 bits per heavy atom. The minimum absolute atomic E-state index is 0.0285. The second kappa shape index (κ2) is 6.39. The van der Waals surface area contributed by atoms with Crippen molar-refractivity contribution in [3.63, 3.8) is 0 Å². The van der Waals surface area contributed by atoms with Crippen LogP contribution in [0.3, 0.4) is 0 Å². The average molecular weight is 333 g/mol. The maximum absolute atomic E-state index is 12.5. The van der Waals surface area contributed by atoms with Crippen LogP contribution in [0.2, 0.25) is 0 Å². The minimum atomic E-state index is -0.317. The van der Waals surface area contributed by atoms with Crippen LogP contribution in [-0.2, 0) is 11.2 Å². The molecule has 6 heteroatoms. The van der Waals surface area contributed by atoms with Gasteiger partial charge in [0.25, 0.3) is 0 Å². The maximum Gasteiger partial charge on any atom is 0.242 e. The van der Waals surface area contributed by atoms with Crippen molar-refractivity contribution in [1.82, 2.24) is 24.8 Å². The smallest absolute Gasteiger partial charge is 0.242 e. The lowest BCUT2D eigenvalue weighted by molar-refractivity contribution is -0.123. The summed E-state index contributed by atoms with van der Waals surface area (Å²) in [7, 11) is 0. The fourth-order valence-corrected chi connectivity index (χ4v) is 2.99. The molecule has 4 aromatic rings. The molecule has 6 nitrogen and oxygen atoms in total. The van der Waals surface area contributed by atoms with E-state index < -0.39 is 0 Å². The number of aromatic nitrogens is 4. The highest BCUT2D eigenvalue weighted by Gasteiger charge is 2.16. The highest BCUT2D eigenvalue weighted by atomic mass is 16.2. The fraction of sp³-hybridized carbons (Fsp3) is 0.211. The SMILES string of the molecule is CC(C(=O)NCCc1nc2ccccc2[nH]1)n1cnc2ccccc21. The Balaban J connectivity index is 1.40. The van der Waals surface area contributed by atoms with E-state index in [2.05, 4.69) is 20.3 Å². The largest absolute Gasteiger partial charge is 0.354 e. The summed E-state index contributed by atoms with van der Waals surface area (Å²) < 4.78 is 1.89. The maximum atomic E-state index is 12.5. The van der Waals surface area contributed by atoms with Crippen LogP contribution in [0.5, 0.6) is 0 Å². The first-order valence-corrected chi connectivity index (χ1v) is 8.35. The normalized spacial score (nSPS) is 12.5. The third-order valence-corrected chi connectivity index (χ3v) is 4.38. The van der Waals surface area contributed by atoms with Crippen molar-refractivity contribution in [2.75, 3.05) is 6.54 Å². The number of aromatic amines is 1. The van der Waals surface area contributed by atoms with Crippen molar-refractivity contribution in [2.45, 2.75) is 19.4 Å². The van der Waals surface area contributed by atoms with Crippen LogP contribution in [-0.4, -0.2) is 32.0 Å². The van der Waals surface area contributed by atoms with Gasteiger partial charge < -0.3 is 14.9 Å². The van der Waals surface area contributed by atoms with E-state index >= 15 is 0 Å². The number of carbonyl (C=O) groups excluding carboxylic acids is 1. The molecule has 126 valence electrons. The molecule has 2 aromatic heterocycles. The van der Waals surface area contributed by atoms with Gasteiger partial charge in [-0.15, -0.1) is 0 Å². The van der Waals surface area contributed by atoms with Crippen LogP contribution in [0.1, 0.15) is 18.8 Å². The first-order chi connectivity index (χ1) is 12.2. The van der Waals surface area contributed by atoms with Crippen molar-refractivity contribution in [1.29, 1.82) is 0 Å². The lowest BCUT2D eigenvalue weighted by atomic mass is 10.2. The second-order valence-corrected chi connectivity index (χ2v) is 6.06. The predicted molar refractivity (Wildman–Crippen MR) is 97.3 cm³/mol. The molecule has 0 aliphatic rings. The van der Waals surface area contributed by atoms with Crippen LogP contribution in [0.15, 0.2) is 54.9 Å². The zero-order valence-electron chi connectivity index (χ0n) is 13.9. The van der Waals surface area contributed by atoms with Crippen molar-refractivity contribution in [3.05, 3.63) is 60.7 Å². The number of hydrogen-bond donors (Lipinski definition) is 2. The molecule has 0 aliphatic carbocycles. The minimum Gasteiger partial charge on any atom is -0.354 e. The number of hydrogen-bond acceptors (Lipinski definition) is 3. The molecule has 2 heterocycles. The van der Waals surface area contributed by atoms with E-state index in [-0.39, 0.29) is 11.9 Å². The van der Waals surface area contributed by atoms with Gasteiger partial charge in [0.05, 0.1) is 28.4 Å². The summed E-state index contributed by atoms with van der Waals surface area (Å²) in [6.45, 7) is 2.42. The molecule has 0 spiro atoms. The molecule has 0 bridgehead atoms. The molecule has 1 unspecified atom stereocenters. The van der Waals surface area contributed by atoms with E-state index in [1.165, 1.54) is 0 Å². The molecule has 2 N–H and O–H groups in total. The van der Waals surface area contributed by atoms with Crippen molar-refractivity contribution in [2.24, 2.45) is 0 Å². The number of fused-ring (bicyclic) bond motifs is 2. The molecular weight excluding hydrogens is 314 g/mol. The number of carbonyl (C=O) groups is 1. The van der Waals surface area contributed by atoms with E-state index in [9.17, 15) is 4.79 Å². The van der Waals surface area contributed by atoms with Gasteiger partial charge in [-0.1, -0.05) is 24.3 Å². The van der Waals surface area contributed by atoms with E-state index in [4.69, 9.17) is 0 Å². The van der Waals surface area contributed by atoms with E-state index in [1.807, 2.05) is 60.0 Å². The van der Waals surface area contributed by atoms with Crippen LogP contribution < -0.4 is 5.32 Å². The molecule has 0 fully saturated rings. The summed E-state index contributed by atoms with van der Waals surface area (Å²) >= 11 is 0. The highest BCUT2D eigenvalue weighted by molar-refractivity contribution is 5.83. The van der Waals surface area contributed by atoms with Crippen molar-refractivity contribution in [3.8, 4) is 0 Å². The molecule has 1 atom stereocenters. The van der Waals surface area contributed by atoms with E-state index in [0.717, 1.165) is 27.9 Å². The summed E-state index contributed by atoms with van der Waals surface area (Å²) in [6, 6.07) is 15.4. The van der Waals surface area contributed by atoms with Gasteiger partial charge in [-0.3, -0.25) is 4.79 Å². The van der Waals surface area contributed by atoms with Gasteiger partial charge in [-0.25, -0.2) is 9.97 Å². The Labute approximate surface area is 144 Å². The number of H-pyrrole nitrogens is 1. The van der Waals surface area contributed by atoms with Gasteiger partial charge in [0.2, 0.25) is 5.91 Å². The molecule has 0 aliphatic heterocycles. The van der Waals surface area contributed by atoms with Crippen molar-refractivity contribution < 1.29 is 4.79 Å². The molecule has 1 amide bonds. The Hall–Kier alpha value is -3.15. The zero-order chi connectivity index (χ0) is 17.2. The van der Waals surface area contributed by atoms with Gasteiger partial charge in [0.15, 0.2) is 0 Å². The van der Waals surface area contributed by atoms with Crippen LogP contribution >= 0.6 is 0 Å². The molecule has 0 saturated heterocycles. The standard InChI is InChI=1S/C19H19N5O/c1-13(24-12-21-16-8-4-5-9-17(16)24)19(25)20-11-10-18-22-14-6-2-3-7-15(14)23-18/h2-9,12-13H,10-11H2,1H3,(H,20,25)(H,22,23). The molecule has 25 heavy (non-hydrogen) atoms. The van der Waals surface area contributed by atoms with Crippen LogP contribution in [0, 0.1) is 0 Å². The fourth-order valence-electron chi connectivity index (χ4n) is 2.99. The molecule has 4 rings (SSSR count).